The van der Waals surface area contributed by atoms with Crippen LogP contribution in [0.25, 0.3) is 11.3 Å². The first-order chi connectivity index (χ1) is 12.6. The number of carbonyl (C=O) groups is 1. The highest BCUT2D eigenvalue weighted by atomic mass is 16.5. The minimum absolute atomic E-state index is 0.0170. The van der Waals surface area contributed by atoms with E-state index >= 15 is 0 Å². The van der Waals surface area contributed by atoms with E-state index in [-0.39, 0.29) is 24.0 Å². The van der Waals surface area contributed by atoms with Gasteiger partial charge in [-0.05, 0) is 24.3 Å². The highest BCUT2D eigenvalue weighted by molar-refractivity contribution is 5.72. The number of ether oxygens (including phenoxy) is 1. The molecule has 0 saturated heterocycles. The third-order valence-electron chi connectivity index (χ3n) is 5.97. The van der Waals surface area contributed by atoms with Crippen molar-refractivity contribution in [2.24, 2.45) is 11.8 Å². The Balaban J connectivity index is 1.62. The van der Waals surface area contributed by atoms with E-state index in [1.165, 1.54) is 48.9 Å². The van der Waals surface area contributed by atoms with Gasteiger partial charge in [0.15, 0.2) is 0 Å². The first kappa shape index (κ1) is 17.3. The summed E-state index contributed by atoms with van der Waals surface area (Å²) in [5.41, 5.74) is 3.75. The van der Waals surface area contributed by atoms with Crippen LogP contribution in [0.4, 0.5) is 0 Å². The maximum atomic E-state index is 12.4. The minimum atomic E-state index is -0.0826. The van der Waals surface area contributed by atoms with E-state index in [4.69, 9.17) is 4.74 Å². The summed E-state index contributed by atoms with van der Waals surface area (Å²) >= 11 is 0. The van der Waals surface area contributed by atoms with Gasteiger partial charge < -0.3 is 9.30 Å². The van der Waals surface area contributed by atoms with Crippen molar-refractivity contribution in [3.05, 3.63) is 42.4 Å². The Hall–Kier alpha value is -2.10. The van der Waals surface area contributed by atoms with Crippen molar-refractivity contribution < 1.29 is 9.53 Å². The monoisotopic (exact) mass is 352 g/mol. The molecule has 0 bridgehead atoms. The maximum Gasteiger partial charge on any atom is 0.308 e. The third kappa shape index (κ3) is 3.17. The molecule has 2 aliphatic rings. The number of benzene rings is 1. The molecule has 1 aliphatic heterocycles. The molecular formula is C22H28N2O2. The van der Waals surface area contributed by atoms with E-state index in [0.717, 1.165) is 6.42 Å². The Labute approximate surface area is 155 Å². The molecule has 0 N–H and O–H groups in total. The van der Waals surface area contributed by atoms with Crippen LogP contribution in [-0.2, 0) is 9.53 Å². The van der Waals surface area contributed by atoms with Crippen molar-refractivity contribution >= 4 is 5.97 Å². The van der Waals surface area contributed by atoms with Gasteiger partial charge in [0.25, 0.3) is 0 Å². The molecule has 4 heteroatoms. The summed E-state index contributed by atoms with van der Waals surface area (Å²) in [6, 6.07) is 8.75. The Bertz CT molecular complexity index is 774. The normalized spacial score (nSPS) is 20.7. The maximum absolute atomic E-state index is 12.4. The van der Waals surface area contributed by atoms with E-state index in [1.807, 2.05) is 26.4 Å². The smallest absolute Gasteiger partial charge is 0.308 e. The number of hydrogen-bond donors (Lipinski definition) is 0. The molecule has 2 atom stereocenters. The number of fused-ring (bicyclic) bond motifs is 3. The Morgan fingerprint density at radius 3 is 2.77 bits per heavy atom. The molecule has 26 heavy (non-hydrogen) atoms. The first-order valence-electron chi connectivity index (χ1n) is 9.96. The van der Waals surface area contributed by atoms with Gasteiger partial charge in [-0.2, -0.15) is 0 Å². The lowest BCUT2D eigenvalue weighted by Gasteiger charge is -2.32. The molecule has 4 nitrogen and oxygen atoms in total. The van der Waals surface area contributed by atoms with Gasteiger partial charge in [0, 0.05) is 12.0 Å². The van der Waals surface area contributed by atoms with Gasteiger partial charge in [-0.25, -0.2) is 4.98 Å². The summed E-state index contributed by atoms with van der Waals surface area (Å²) in [5, 5.41) is 0. The predicted molar refractivity (Wildman–Crippen MR) is 102 cm³/mol. The number of carbonyl (C=O) groups excluding carboxylic acids is 1. The molecule has 4 rings (SSSR count). The van der Waals surface area contributed by atoms with Crippen LogP contribution in [0.5, 0.6) is 0 Å². The Morgan fingerprint density at radius 2 is 2.00 bits per heavy atom. The SMILES string of the molecule is CC(C)C(=O)OC(CC1c2ccccc2-c2cncn21)C1CCCCC1. The topological polar surface area (TPSA) is 44.1 Å². The molecule has 1 aromatic heterocycles. The summed E-state index contributed by atoms with van der Waals surface area (Å²) < 4.78 is 8.30. The average molecular weight is 352 g/mol. The van der Waals surface area contributed by atoms with Crippen molar-refractivity contribution in [3.63, 3.8) is 0 Å². The van der Waals surface area contributed by atoms with Crippen LogP contribution in [0.15, 0.2) is 36.8 Å². The van der Waals surface area contributed by atoms with Crippen LogP contribution < -0.4 is 0 Å². The summed E-state index contributed by atoms with van der Waals surface area (Å²) in [6.07, 6.45) is 10.8. The highest BCUT2D eigenvalue weighted by Gasteiger charge is 2.35. The molecule has 1 fully saturated rings. The number of imidazole rings is 1. The molecule has 2 aromatic rings. The minimum Gasteiger partial charge on any atom is -0.462 e. The van der Waals surface area contributed by atoms with Gasteiger partial charge in [-0.15, -0.1) is 0 Å². The van der Waals surface area contributed by atoms with Crippen LogP contribution in [0.1, 0.15) is 64.0 Å². The van der Waals surface area contributed by atoms with Gasteiger partial charge in [-0.3, -0.25) is 4.79 Å². The molecular weight excluding hydrogens is 324 g/mol. The number of nitrogens with zero attached hydrogens (tertiary/aromatic N) is 2. The fourth-order valence-corrected chi connectivity index (χ4v) is 4.52. The Morgan fingerprint density at radius 1 is 1.23 bits per heavy atom. The molecule has 0 radical (unpaired) electrons. The van der Waals surface area contributed by atoms with Crippen LogP contribution in [-0.4, -0.2) is 21.6 Å². The lowest BCUT2D eigenvalue weighted by molar-refractivity contribution is -0.157. The summed E-state index contributed by atoms with van der Waals surface area (Å²) in [4.78, 5) is 16.7. The van der Waals surface area contributed by atoms with Crippen molar-refractivity contribution in [2.75, 3.05) is 0 Å². The van der Waals surface area contributed by atoms with Crippen molar-refractivity contribution in [2.45, 2.75) is 64.5 Å². The lowest BCUT2D eigenvalue weighted by Crippen LogP contribution is -2.32. The average Bonchev–Trinajstić information content (AvgIpc) is 3.24. The van der Waals surface area contributed by atoms with Gasteiger partial charge >= 0.3 is 5.97 Å². The van der Waals surface area contributed by atoms with E-state index < -0.39 is 0 Å². The van der Waals surface area contributed by atoms with Crippen LogP contribution >= 0.6 is 0 Å². The van der Waals surface area contributed by atoms with E-state index in [0.29, 0.717) is 5.92 Å². The zero-order valence-corrected chi connectivity index (χ0v) is 15.7. The summed E-state index contributed by atoms with van der Waals surface area (Å²) in [6.45, 7) is 3.83. The molecule has 1 saturated carbocycles. The number of rotatable bonds is 5. The molecule has 1 aliphatic carbocycles. The van der Waals surface area contributed by atoms with Crippen LogP contribution in [0, 0.1) is 11.8 Å². The lowest BCUT2D eigenvalue weighted by atomic mass is 9.82. The zero-order chi connectivity index (χ0) is 18.1. The quantitative estimate of drug-likeness (QED) is 0.712. The number of hydrogen-bond acceptors (Lipinski definition) is 3. The molecule has 1 aromatic carbocycles. The molecule has 0 amide bonds. The van der Waals surface area contributed by atoms with Gasteiger partial charge in [0.05, 0.1) is 30.2 Å². The molecule has 138 valence electrons. The number of aromatic nitrogens is 2. The molecule has 2 heterocycles. The fraction of sp³-hybridized carbons (Fsp3) is 0.545. The van der Waals surface area contributed by atoms with E-state index in [1.54, 1.807) is 0 Å². The van der Waals surface area contributed by atoms with Crippen molar-refractivity contribution in [3.8, 4) is 11.3 Å². The first-order valence-corrected chi connectivity index (χ1v) is 9.96. The van der Waals surface area contributed by atoms with Gasteiger partial charge in [-0.1, -0.05) is 57.4 Å². The van der Waals surface area contributed by atoms with Crippen molar-refractivity contribution in [1.29, 1.82) is 0 Å². The van der Waals surface area contributed by atoms with Crippen LogP contribution in [0.3, 0.4) is 0 Å². The van der Waals surface area contributed by atoms with Crippen molar-refractivity contribution in [1.82, 2.24) is 9.55 Å². The largest absolute Gasteiger partial charge is 0.462 e. The molecule has 0 spiro atoms. The third-order valence-corrected chi connectivity index (χ3v) is 5.97. The van der Waals surface area contributed by atoms with Gasteiger partial charge in [0.2, 0.25) is 0 Å². The Kier molecular flexibility index (Phi) is 4.84. The second-order valence-corrected chi connectivity index (χ2v) is 8.05. The standard InChI is InChI=1S/C22H28N2O2/c1-15(2)22(25)26-21(16-8-4-3-5-9-16)12-19-17-10-6-7-11-18(17)20-13-23-14-24(19)20/h6-7,10-11,13-16,19,21H,3-5,8-9,12H2,1-2H3. The molecule has 2 unspecified atom stereocenters. The zero-order valence-electron chi connectivity index (χ0n) is 15.7. The highest BCUT2D eigenvalue weighted by Crippen LogP contribution is 2.43. The second-order valence-electron chi connectivity index (χ2n) is 8.05. The van der Waals surface area contributed by atoms with Gasteiger partial charge in [0.1, 0.15) is 6.10 Å². The van der Waals surface area contributed by atoms with E-state index in [2.05, 4.69) is 33.8 Å². The summed E-state index contributed by atoms with van der Waals surface area (Å²) in [7, 11) is 0. The predicted octanol–water partition coefficient (Wildman–Crippen LogP) is 4.99. The number of esters is 1. The second kappa shape index (κ2) is 7.26. The van der Waals surface area contributed by atoms with Crippen LogP contribution in [0.2, 0.25) is 0 Å². The fourth-order valence-electron chi connectivity index (χ4n) is 4.52. The summed E-state index contributed by atoms with van der Waals surface area (Å²) in [5.74, 6) is 0.324. The van der Waals surface area contributed by atoms with E-state index in [9.17, 15) is 4.79 Å².